The van der Waals surface area contributed by atoms with Gasteiger partial charge in [0.05, 0.1) is 12.2 Å². The van der Waals surface area contributed by atoms with Gasteiger partial charge in [0.25, 0.3) is 0 Å². The van der Waals surface area contributed by atoms with Gasteiger partial charge in [0, 0.05) is 26.0 Å². The molecule has 0 aromatic carbocycles. The predicted molar refractivity (Wildman–Crippen MR) is 83.0 cm³/mol. The van der Waals surface area contributed by atoms with Crippen LogP contribution in [0.15, 0.2) is 12.2 Å². The second-order valence-corrected chi connectivity index (χ2v) is 6.07. The molecule has 1 aliphatic heterocycles. The topological polar surface area (TPSA) is 55.8 Å². The van der Waals surface area contributed by atoms with Gasteiger partial charge in [-0.15, -0.1) is 0 Å². The number of cyclic esters (lactones) is 1. The van der Waals surface area contributed by atoms with Crippen LogP contribution in [0.2, 0.25) is 0 Å². The molecule has 1 rings (SSSR count). The van der Waals surface area contributed by atoms with Gasteiger partial charge in [-0.3, -0.25) is 0 Å². The number of ether oxygens (including phenoxy) is 2. The number of rotatable bonds is 10. The Balaban J connectivity index is 2.34. The molecule has 4 heteroatoms. The number of carbonyl (C=O) groups excluding carboxylic acids is 1. The fraction of sp³-hybridized carbons (Fsp3) is 0.824. The van der Waals surface area contributed by atoms with Crippen molar-refractivity contribution in [2.75, 3.05) is 7.11 Å². The molecule has 4 atom stereocenters. The minimum Gasteiger partial charge on any atom is -0.459 e. The Labute approximate surface area is 128 Å². The minimum absolute atomic E-state index is 0.0618. The van der Waals surface area contributed by atoms with E-state index in [0.29, 0.717) is 25.2 Å². The maximum Gasteiger partial charge on any atom is 0.330 e. The molecule has 0 bridgehead atoms. The van der Waals surface area contributed by atoms with Crippen LogP contribution in [0, 0.1) is 5.92 Å². The van der Waals surface area contributed by atoms with Gasteiger partial charge in [-0.1, -0.05) is 39.2 Å². The summed E-state index contributed by atoms with van der Waals surface area (Å²) in [4.78, 5) is 11.2. The Kier molecular flexibility index (Phi) is 8.62. The van der Waals surface area contributed by atoms with Gasteiger partial charge >= 0.3 is 5.97 Å². The summed E-state index contributed by atoms with van der Waals surface area (Å²) in [5, 5.41) is 10.2. The summed E-state index contributed by atoms with van der Waals surface area (Å²) in [6.45, 7) is 4.38. The zero-order chi connectivity index (χ0) is 15.7. The van der Waals surface area contributed by atoms with Crippen LogP contribution in [0.1, 0.15) is 58.8 Å². The van der Waals surface area contributed by atoms with Crippen LogP contribution in [0.25, 0.3) is 0 Å². The molecule has 0 fully saturated rings. The Morgan fingerprint density at radius 2 is 2.24 bits per heavy atom. The summed E-state index contributed by atoms with van der Waals surface area (Å²) in [6, 6.07) is 0. The van der Waals surface area contributed by atoms with E-state index in [9.17, 15) is 9.90 Å². The molecule has 0 aliphatic carbocycles. The highest BCUT2D eigenvalue weighted by Gasteiger charge is 2.24. The normalized spacial score (nSPS) is 22.7. The Morgan fingerprint density at radius 3 is 2.86 bits per heavy atom. The fourth-order valence-electron chi connectivity index (χ4n) is 2.84. The molecule has 0 spiro atoms. The van der Waals surface area contributed by atoms with Crippen molar-refractivity contribution in [1.29, 1.82) is 0 Å². The van der Waals surface area contributed by atoms with Crippen LogP contribution in [-0.2, 0) is 14.3 Å². The zero-order valence-electron chi connectivity index (χ0n) is 13.6. The van der Waals surface area contributed by atoms with Crippen LogP contribution in [-0.4, -0.2) is 36.5 Å². The molecule has 0 saturated heterocycles. The lowest BCUT2D eigenvalue weighted by molar-refractivity contribution is -0.145. The molecule has 1 N–H and O–H groups in total. The third kappa shape index (κ3) is 7.09. The lowest BCUT2D eigenvalue weighted by atomic mass is 9.91. The zero-order valence-corrected chi connectivity index (χ0v) is 13.6. The lowest BCUT2D eigenvalue weighted by Crippen LogP contribution is -2.30. The molecule has 0 radical (unpaired) electrons. The van der Waals surface area contributed by atoms with Crippen LogP contribution in [0.5, 0.6) is 0 Å². The molecule has 21 heavy (non-hydrogen) atoms. The number of aliphatic hydroxyl groups excluding tert-OH is 1. The average molecular weight is 298 g/mol. The first-order valence-electron chi connectivity index (χ1n) is 8.14. The number of carbonyl (C=O) groups is 1. The highest BCUT2D eigenvalue weighted by molar-refractivity contribution is 5.82. The van der Waals surface area contributed by atoms with E-state index in [1.165, 1.54) is 25.3 Å². The Hall–Kier alpha value is -0.870. The number of hydrogen-bond acceptors (Lipinski definition) is 4. The summed E-state index contributed by atoms with van der Waals surface area (Å²) in [5.41, 5.74) is 0. The van der Waals surface area contributed by atoms with E-state index >= 15 is 0 Å². The first-order chi connectivity index (χ1) is 10.1. The number of unbranched alkanes of at least 4 members (excludes halogenated alkanes) is 2. The Morgan fingerprint density at radius 1 is 1.48 bits per heavy atom. The van der Waals surface area contributed by atoms with E-state index in [1.54, 1.807) is 7.11 Å². The second-order valence-electron chi connectivity index (χ2n) is 6.07. The van der Waals surface area contributed by atoms with Gasteiger partial charge in [-0.05, 0) is 18.8 Å². The molecule has 1 heterocycles. The van der Waals surface area contributed by atoms with E-state index in [0.717, 1.165) is 6.42 Å². The summed E-state index contributed by atoms with van der Waals surface area (Å²) in [6.07, 6.45) is 9.18. The number of aliphatic hydroxyl groups is 1. The molecule has 0 saturated carbocycles. The molecule has 0 aromatic rings. The van der Waals surface area contributed by atoms with Crippen molar-refractivity contribution in [1.82, 2.24) is 0 Å². The minimum atomic E-state index is -0.493. The van der Waals surface area contributed by atoms with E-state index in [4.69, 9.17) is 9.47 Å². The molecule has 0 amide bonds. The summed E-state index contributed by atoms with van der Waals surface area (Å²) < 4.78 is 10.7. The SMILES string of the molecule is CCCCC[C@H](C)[C@H](C[C@@H](O)C[C@@H]1CC=CC(=O)O1)OC. The molecule has 0 unspecified atom stereocenters. The monoisotopic (exact) mass is 298 g/mol. The van der Waals surface area contributed by atoms with E-state index in [1.807, 2.05) is 6.08 Å². The first kappa shape index (κ1) is 18.2. The van der Waals surface area contributed by atoms with Crippen molar-refractivity contribution in [2.24, 2.45) is 5.92 Å². The second kappa shape index (κ2) is 9.96. The molecular formula is C17H30O4. The smallest absolute Gasteiger partial charge is 0.330 e. The van der Waals surface area contributed by atoms with Crippen molar-refractivity contribution in [2.45, 2.75) is 77.1 Å². The Bertz CT molecular complexity index is 327. The quantitative estimate of drug-likeness (QED) is 0.497. The van der Waals surface area contributed by atoms with Gasteiger partial charge in [-0.25, -0.2) is 4.79 Å². The third-order valence-corrected chi connectivity index (χ3v) is 4.18. The van der Waals surface area contributed by atoms with Crippen LogP contribution >= 0.6 is 0 Å². The van der Waals surface area contributed by atoms with Crippen molar-refractivity contribution in [3.8, 4) is 0 Å². The summed E-state index contributed by atoms with van der Waals surface area (Å²) in [7, 11) is 1.71. The predicted octanol–water partition coefficient (Wildman–Crippen LogP) is 3.23. The largest absolute Gasteiger partial charge is 0.459 e. The fourth-order valence-corrected chi connectivity index (χ4v) is 2.84. The van der Waals surface area contributed by atoms with E-state index in [-0.39, 0.29) is 18.2 Å². The van der Waals surface area contributed by atoms with Gasteiger partial charge in [-0.2, -0.15) is 0 Å². The van der Waals surface area contributed by atoms with Crippen LogP contribution in [0.4, 0.5) is 0 Å². The molecular weight excluding hydrogens is 268 g/mol. The standard InChI is InChI=1S/C17H30O4/c1-4-5-6-8-13(2)16(20-3)12-14(18)11-15-9-7-10-17(19)21-15/h7,10,13-16,18H,4-6,8-9,11-12H2,1-3H3/t13-,14-,15-,16-/m0/s1. The summed E-state index contributed by atoms with van der Waals surface area (Å²) in [5.74, 6) is 0.125. The van der Waals surface area contributed by atoms with Crippen molar-refractivity contribution >= 4 is 5.97 Å². The van der Waals surface area contributed by atoms with E-state index in [2.05, 4.69) is 13.8 Å². The maximum atomic E-state index is 11.2. The van der Waals surface area contributed by atoms with E-state index < -0.39 is 6.10 Å². The van der Waals surface area contributed by atoms with Crippen LogP contribution in [0.3, 0.4) is 0 Å². The highest BCUT2D eigenvalue weighted by Crippen LogP contribution is 2.22. The molecule has 1 aliphatic rings. The van der Waals surface area contributed by atoms with Crippen molar-refractivity contribution < 1.29 is 19.4 Å². The average Bonchev–Trinajstić information content (AvgIpc) is 2.44. The highest BCUT2D eigenvalue weighted by atomic mass is 16.5. The molecule has 0 aromatic heterocycles. The third-order valence-electron chi connectivity index (χ3n) is 4.18. The first-order valence-corrected chi connectivity index (χ1v) is 8.14. The number of esters is 1. The van der Waals surface area contributed by atoms with Gasteiger partial charge in [0.2, 0.25) is 0 Å². The van der Waals surface area contributed by atoms with Gasteiger partial charge in [0.15, 0.2) is 0 Å². The number of hydrogen-bond donors (Lipinski definition) is 1. The molecule has 122 valence electrons. The number of methoxy groups -OCH3 is 1. The van der Waals surface area contributed by atoms with Crippen molar-refractivity contribution in [3.63, 3.8) is 0 Å². The van der Waals surface area contributed by atoms with Crippen LogP contribution < -0.4 is 0 Å². The lowest BCUT2D eigenvalue weighted by Gasteiger charge is -2.27. The van der Waals surface area contributed by atoms with Gasteiger partial charge in [0.1, 0.15) is 6.10 Å². The van der Waals surface area contributed by atoms with Gasteiger partial charge < -0.3 is 14.6 Å². The van der Waals surface area contributed by atoms with Crippen molar-refractivity contribution in [3.05, 3.63) is 12.2 Å². The molecule has 4 nitrogen and oxygen atoms in total. The summed E-state index contributed by atoms with van der Waals surface area (Å²) >= 11 is 0. The maximum absolute atomic E-state index is 11.2.